The fourth-order valence-corrected chi connectivity index (χ4v) is 4.28. The van der Waals surface area contributed by atoms with E-state index in [1.165, 1.54) is 0 Å². The summed E-state index contributed by atoms with van der Waals surface area (Å²) in [5.41, 5.74) is 8.93. The smallest absolute Gasteiger partial charge is 1.00 e. The van der Waals surface area contributed by atoms with Gasteiger partial charge in [-0.15, -0.1) is 0 Å². The van der Waals surface area contributed by atoms with Crippen LogP contribution in [0.1, 0.15) is 33.4 Å². The van der Waals surface area contributed by atoms with Gasteiger partial charge in [0.1, 0.15) is 0 Å². The molecule has 268 valence electrons. The predicted molar refractivity (Wildman–Crippen MR) is 178 cm³/mol. The summed E-state index contributed by atoms with van der Waals surface area (Å²) in [5.74, 6) is 0. The standard InChI is InChI=1S/3C12H12N2O2.2ClH.Ru/c3*15-7-9-1-3-13-11(5-9)12-6-10(8-16)2-4-14-12;;;/h3*1-6,15-16H,7-8H2;2*1H;/q;;;;;+2/p-2. The van der Waals surface area contributed by atoms with Gasteiger partial charge in [-0.1, -0.05) is 0 Å². The maximum Gasteiger partial charge on any atom is 2.00 e. The molecule has 0 fully saturated rings. The minimum absolute atomic E-state index is 0. The Morgan fingerprint density at radius 3 is 0.549 bits per heavy atom. The molecule has 6 rings (SSSR count). The molecule has 0 amide bonds. The second-order valence-electron chi connectivity index (χ2n) is 10.2. The molecule has 12 nitrogen and oxygen atoms in total. The van der Waals surface area contributed by atoms with Gasteiger partial charge in [-0.3, -0.25) is 29.9 Å². The molecule has 0 bridgehead atoms. The zero-order chi connectivity index (χ0) is 34.1. The van der Waals surface area contributed by atoms with Crippen LogP contribution >= 0.6 is 0 Å². The van der Waals surface area contributed by atoms with Crippen LogP contribution in [0.3, 0.4) is 0 Å². The summed E-state index contributed by atoms with van der Waals surface area (Å²) in [5, 5.41) is 54.1. The van der Waals surface area contributed by atoms with Crippen LogP contribution in [0.2, 0.25) is 0 Å². The van der Waals surface area contributed by atoms with E-state index in [1.807, 2.05) is 0 Å². The Bertz CT molecular complexity index is 1560. The molecule has 0 saturated carbocycles. The summed E-state index contributed by atoms with van der Waals surface area (Å²) in [7, 11) is 0. The van der Waals surface area contributed by atoms with Gasteiger partial charge in [0.15, 0.2) is 0 Å². The normalized spacial score (nSPS) is 9.76. The molecular weight excluding hydrogens is 784 g/mol. The summed E-state index contributed by atoms with van der Waals surface area (Å²) < 4.78 is 0. The van der Waals surface area contributed by atoms with Crippen molar-refractivity contribution in [1.29, 1.82) is 0 Å². The predicted octanol–water partition coefficient (Wildman–Crippen LogP) is -2.61. The molecule has 0 aliphatic carbocycles. The van der Waals surface area contributed by atoms with Crippen LogP contribution in [0.5, 0.6) is 0 Å². The Kier molecular flexibility index (Phi) is 21.2. The molecule has 6 aromatic heterocycles. The topological polar surface area (TPSA) is 199 Å². The first-order valence-electron chi connectivity index (χ1n) is 14.9. The second kappa shape index (κ2) is 24.1. The Morgan fingerprint density at radius 2 is 0.431 bits per heavy atom. The van der Waals surface area contributed by atoms with Crippen molar-refractivity contribution in [2.45, 2.75) is 39.6 Å². The number of nitrogens with zero attached hydrogens (tertiary/aromatic N) is 6. The van der Waals surface area contributed by atoms with Gasteiger partial charge in [0, 0.05) is 37.2 Å². The summed E-state index contributed by atoms with van der Waals surface area (Å²) in [6.45, 7) is -0.112. The van der Waals surface area contributed by atoms with Crippen LogP contribution in [0, 0.1) is 0 Å². The van der Waals surface area contributed by atoms with Crippen LogP contribution in [-0.2, 0) is 59.1 Å². The number of rotatable bonds is 9. The van der Waals surface area contributed by atoms with Gasteiger partial charge in [-0.05, 0) is 106 Å². The molecule has 6 N–H and O–H groups in total. The SMILES string of the molecule is OCc1ccnc(-c2cc(CO)ccn2)c1.OCc1ccnc(-c2cc(CO)ccn2)c1.OCc1ccnc(-c2cc(CO)ccn2)c1.[Cl-].[Cl-].[Ru+2]. The summed E-state index contributed by atoms with van der Waals surface area (Å²) >= 11 is 0. The molecule has 0 aliphatic rings. The van der Waals surface area contributed by atoms with Gasteiger partial charge in [0.25, 0.3) is 0 Å². The van der Waals surface area contributed by atoms with Gasteiger partial charge >= 0.3 is 19.5 Å². The zero-order valence-electron chi connectivity index (χ0n) is 27.1. The van der Waals surface area contributed by atoms with Crippen molar-refractivity contribution >= 4 is 0 Å². The quantitative estimate of drug-likeness (QED) is 0.0834. The summed E-state index contributed by atoms with van der Waals surface area (Å²) in [4.78, 5) is 25.1. The number of hydrogen-bond acceptors (Lipinski definition) is 12. The fourth-order valence-electron chi connectivity index (χ4n) is 4.28. The van der Waals surface area contributed by atoms with Crippen molar-refractivity contribution in [3.63, 3.8) is 0 Å². The van der Waals surface area contributed by atoms with Crippen molar-refractivity contribution in [3.05, 3.63) is 143 Å². The second-order valence-corrected chi connectivity index (χ2v) is 10.2. The summed E-state index contributed by atoms with van der Waals surface area (Å²) in [6, 6.07) is 21.2. The van der Waals surface area contributed by atoms with E-state index in [1.54, 1.807) is 110 Å². The number of hydrogen-bond donors (Lipinski definition) is 6. The minimum Gasteiger partial charge on any atom is -1.00 e. The minimum atomic E-state index is -0.0186. The maximum atomic E-state index is 9.02. The average molecular weight is 821 g/mol. The number of pyridine rings is 6. The summed E-state index contributed by atoms with van der Waals surface area (Å²) in [6.07, 6.45) is 9.80. The van der Waals surface area contributed by atoms with Crippen molar-refractivity contribution < 1.29 is 74.9 Å². The third kappa shape index (κ3) is 13.8. The molecule has 0 saturated heterocycles. The molecule has 0 radical (unpaired) electrons. The van der Waals surface area contributed by atoms with E-state index in [0.29, 0.717) is 34.2 Å². The van der Waals surface area contributed by atoms with Crippen molar-refractivity contribution in [1.82, 2.24) is 29.9 Å². The van der Waals surface area contributed by atoms with Gasteiger partial charge in [0.2, 0.25) is 0 Å². The van der Waals surface area contributed by atoms with Crippen LogP contribution < -0.4 is 24.8 Å². The van der Waals surface area contributed by atoms with E-state index >= 15 is 0 Å². The van der Waals surface area contributed by atoms with Crippen LogP contribution in [0.15, 0.2) is 110 Å². The molecule has 6 heterocycles. The molecule has 51 heavy (non-hydrogen) atoms. The number of aliphatic hydroxyl groups excluding tert-OH is 6. The molecule has 0 spiro atoms. The van der Waals surface area contributed by atoms with Gasteiger partial charge in [-0.2, -0.15) is 0 Å². The van der Waals surface area contributed by atoms with E-state index in [9.17, 15) is 0 Å². The van der Waals surface area contributed by atoms with Crippen LogP contribution in [0.4, 0.5) is 0 Å². The molecule has 6 aromatic rings. The molecule has 0 aromatic carbocycles. The molecular formula is C36H36Cl2N6O6Ru. The molecule has 0 atom stereocenters. The Hall–Kier alpha value is -4.14. The number of halogens is 2. The Morgan fingerprint density at radius 1 is 0.294 bits per heavy atom. The van der Waals surface area contributed by atoms with E-state index in [2.05, 4.69) is 29.9 Å². The number of aromatic nitrogens is 6. The van der Waals surface area contributed by atoms with Crippen molar-refractivity contribution in [3.8, 4) is 34.2 Å². The third-order valence-corrected chi connectivity index (χ3v) is 6.83. The number of aliphatic hydroxyl groups is 6. The first-order valence-corrected chi connectivity index (χ1v) is 14.9. The first kappa shape index (κ1) is 44.9. The third-order valence-electron chi connectivity index (χ3n) is 6.83. The van der Waals surface area contributed by atoms with Gasteiger partial charge in [0.05, 0.1) is 73.8 Å². The van der Waals surface area contributed by atoms with Gasteiger partial charge in [-0.25, -0.2) is 0 Å². The van der Waals surface area contributed by atoms with Crippen LogP contribution in [0.25, 0.3) is 34.2 Å². The Balaban J connectivity index is 0.000000372. The fraction of sp³-hybridized carbons (Fsp3) is 0.167. The zero-order valence-corrected chi connectivity index (χ0v) is 30.4. The molecule has 15 heteroatoms. The van der Waals surface area contributed by atoms with Crippen molar-refractivity contribution in [2.24, 2.45) is 0 Å². The van der Waals surface area contributed by atoms with Crippen molar-refractivity contribution in [2.75, 3.05) is 0 Å². The monoisotopic (exact) mass is 820 g/mol. The Labute approximate surface area is 320 Å². The molecule has 0 unspecified atom stereocenters. The average Bonchev–Trinajstić information content (AvgIpc) is 3.18. The van der Waals surface area contributed by atoms with E-state index in [0.717, 1.165) is 33.4 Å². The van der Waals surface area contributed by atoms with E-state index < -0.39 is 0 Å². The first-order chi connectivity index (χ1) is 23.5. The molecule has 0 aliphatic heterocycles. The van der Waals surface area contributed by atoms with Crippen LogP contribution in [-0.4, -0.2) is 60.5 Å². The largest absolute Gasteiger partial charge is 2.00 e. The van der Waals surface area contributed by atoms with E-state index in [4.69, 9.17) is 30.6 Å². The maximum absolute atomic E-state index is 9.02. The van der Waals surface area contributed by atoms with Gasteiger partial charge < -0.3 is 55.5 Å². The van der Waals surface area contributed by atoms with E-state index in [-0.39, 0.29) is 83.9 Å².